The van der Waals surface area contributed by atoms with E-state index in [2.05, 4.69) is 37.0 Å². The average molecular weight is 518 g/mol. The van der Waals surface area contributed by atoms with Gasteiger partial charge in [0, 0.05) is 49.3 Å². The topological polar surface area (TPSA) is 111 Å². The lowest BCUT2D eigenvalue weighted by Gasteiger charge is -2.34. The van der Waals surface area contributed by atoms with Crippen LogP contribution in [0, 0.1) is 11.3 Å². The summed E-state index contributed by atoms with van der Waals surface area (Å²) in [6.45, 7) is 9.94. The number of hydrogen-bond donors (Lipinski definition) is 2. The van der Waals surface area contributed by atoms with Gasteiger partial charge in [-0.05, 0) is 55.8 Å². The van der Waals surface area contributed by atoms with Crippen LogP contribution in [0.5, 0.6) is 0 Å². The Morgan fingerprint density at radius 2 is 1.95 bits per heavy atom. The normalized spacial score (nSPS) is 22.8. The molecule has 1 unspecified atom stereocenters. The number of aromatic nitrogens is 4. The molecule has 2 aromatic heterocycles. The van der Waals surface area contributed by atoms with Crippen LogP contribution < -0.4 is 11.1 Å². The Morgan fingerprint density at radius 3 is 2.63 bits per heavy atom. The molecule has 1 amide bonds. The summed E-state index contributed by atoms with van der Waals surface area (Å²) < 4.78 is 8.26. The summed E-state index contributed by atoms with van der Waals surface area (Å²) in [5, 5.41) is 8.30. The summed E-state index contributed by atoms with van der Waals surface area (Å²) in [4.78, 5) is 24.6. The standard InChI is InChI=1S/C29H39N7O2/c1-29(2,3)27(38-28(37)35-10-8-31-9-11-35)20-6-7-23-24(14-20)33-25(16-32-23)22-17-36(21-12-18(13-21)15-30)34-26(22)19-4-5-19/h6-7,14,16-19,21,27,31H,4-5,8-13,15,30H2,1-3H3/t18-,21-,27?. The van der Waals surface area contributed by atoms with E-state index in [1.807, 2.05) is 24.4 Å². The summed E-state index contributed by atoms with van der Waals surface area (Å²) in [6.07, 6.45) is 7.90. The number of benzene rings is 1. The van der Waals surface area contributed by atoms with Crippen molar-refractivity contribution >= 4 is 17.1 Å². The second-order valence-corrected chi connectivity index (χ2v) is 12.3. The van der Waals surface area contributed by atoms with Crippen molar-refractivity contribution in [1.29, 1.82) is 0 Å². The first kappa shape index (κ1) is 25.2. The third-order valence-corrected chi connectivity index (χ3v) is 8.17. The van der Waals surface area contributed by atoms with Gasteiger partial charge in [0.2, 0.25) is 0 Å². The van der Waals surface area contributed by atoms with Gasteiger partial charge in [-0.3, -0.25) is 9.67 Å². The molecule has 9 heteroatoms. The monoisotopic (exact) mass is 517 g/mol. The van der Waals surface area contributed by atoms with Gasteiger partial charge < -0.3 is 20.7 Å². The average Bonchev–Trinajstić information content (AvgIpc) is 3.64. The van der Waals surface area contributed by atoms with Crippen molar-refractivity contribution in [2.75, 3.05) is 32.7 Å². The number of nitrogens with zero attached hydrogens (tertiary/aromatic N) is 5. The molecule has 3 heterocycles. The molecule has 202 valence electrons. The van der Waals surface area contributed by atoms with Crippen LogP contribution in [0.4, 0.5) is 4.79 Å². The molecular weight excluding hydrogens is 478 g/mol. The first-order valence-electron chi connectivity index (χ1n) is 14.0. The number of rotatable bonds is 6. The highest BCUT2D eigenvalue weighted by Crippen LogP contribution is 2.45. The molecule has 3 N–H and O–H groups in total. The largest absolute Gasteiger partial charge is 0.441 e. The minimum atomic E-state index is -0.404. The number of ether oxygens (including phenoxy) is 1. The molecule has 6 rings (SSSR count). The highest BCUT2D eigenvalue weighted by atomic mass is 16.6. The number of carbonyl (C=O) groups is 1. The SMILES string of the molecule is CC(C)(C)C(OC(=O)N1CCNCC1)c1ccc2ncc(-c3cn([C@H]4C[C@H](CN)C4)nc3C3CC3)nc2c1. The van der Waals surface area contributed by atoms with Gasteiger partial charge >= 0.3 is 6.09 Å². The maximum Gasteiger partial charge on any atom is 0.410 e. The second-order valence-electron chi connectivity index (χ2n) is 12.3. The van der Waals surface area contributed by atoms with Crippen molar-refractivity contribution in [1.82, 2.24) is 30.0 Å². The van der Waals surface area contributed by atoms with E-state index in [9.17, 15) is 4.79 Å². The molecule has 1 atom stereocenters. The van der Waals surface area contributed by atoms with Crippen molar-refractivity contribution in [3.05, 3.63) is 41.9 Å². The molecule has 2 saturated carbocycles. The lowest BCUT2D eigenvalue weighted by molar-refractivity contribution is 0.00687. The van der Waals surface area contributed by atoms with Gasteiger partial charge in [-0.2, -0.15) is 5.10 Å². The van der Waals surface area contributed by atoms with Crippen molar-refractivity contribution < 1.29 is 9.53 Å². The lowest BCUT2D eigenvalue weighted by atomic mass is 9.80. The molecule has 1 aliphatic heterocycles. The number of nitrogens with two attached hydrogens (primary N) is 1. The predicted octanol–water partition coefficient (Wildman–Crippen LogP) is 4.41. The summed E-state index contributed by atoms with van der Waals surface area (Å²) >= 11 is 0. The molecule has 1 saturated heterocycles. The van der Waals surface area contributed by atoms with Gasteiger partial charge in [0.25, 0.3) is 0 Å². The van der Waals surface area contributed by atoms with Crippen molar-refractivity contribution in [3.63, 3.8) is 0 Å². The van der Waals surface area contributed by atoms with Crippen LogP contribution in [-0.4, -0.2) is 63.5 Å². The van der Waals surface area contributed by atoms with Gasteiger partial charge in [-0.1, -0.05) is 26.8 Å². The van der Waals surface area contributed by atoms with E-state index >= 15 is 0 Å². The first-order chi connectivity index (χ1) is 18.3. The third kappa shape index (κ3) is 5.01. The number of hydrogen-bond acceptors (Lipinski definition) is 7. The zero-order valence-electron chi connectivity index (χ0n) is 22.7. The van der Waals surface area contributed by atoms with E-state index in [1.165, 1.54) is 12.8 Å². The Kier molecular flexibility index (Phi) is 6.60. The highest BCUT2D eigenvalue weighted by molar-refractivity contribution is 5.78. The van der Waals surface area contributed by atoms with Gasteiger partial charge in [-0.25, -0.2) is 9.78 Å². The quantitative estimate of drug-likeness (QED) is 0.498. The lowest BCUT2D eigenvalue weighted by Crippen LogP contribution is -2.47. The second kappa shape index (κ2) is 9.93. The number of amides is 1. The Bertz CT molecular complexity index is 1310. The van der Waals surface area contributed by atoms with Crippen molar-refractivity contribution in [3.8, 4) is 11.3 Å². The van der Waals surface area contributed by atoms with E-state index in [1.54, 1.807) is 4.90 Å². The van der Waals surface area contributed by atoms with E-state index in [0.29, 0.717) is 31.0 Å². The fourth-order valence-corrected chi connectivity index (χ4v) is 5.65. The molecule has 0 radical (unpaired) electrons. The molecule has 0 spiro atoms. The molecule has 1 aromatic carbocycles. The first-order valence-corrected chi connectivity index (χ1v) is 14.0. The number of carbonyl (C=O) groups excluding carboxylic acids is 1. The van der Waals surface area contributed by atoms with Crippen LogP contribution in [0.15, 0.2) is 30.6 Å². The Morgan fingerprint density at radius 1 is 1.18 bits per heavy atom. The molecule has 9 nitrogen and oxygen atoms in total. The number of fused-ring (bicyclic) bond motifs is 1. The van der Waals surface area contributed by atoms with E-state index < -0.39 is 6.10 Å². The zero-order valence-corrected chi connectivity index (χ0v) is 22.7. The molecule has 2 aliphatic carbocycles. The fraction of sp³-hybridized carbons (Fsp3) is 0.586. The smallest absolute Gasteiger partial charge is 0.410 e. The molecule has 3 aromatic rings. The Labute approximate surface area is 224 Å². The highest BCUT2D eigenvalue weighted by Gasteiger charge is 2.35. The zero-order chi connectivity index (χ0) is 26.4. The Balaban J connectivity index is 1.31. The molecule has 3 fully saturated rings. The Hall–Kier alpha value is -3.04. The van der Waals surface area contributed by atoms with Gasteiger partial charge in [0.1, 0.15) is 6.10 Å². The summed E-state index contributed by atoms with van der Waals surface area (Å²) in [7, 11) is 0. The molecule has 38 heavy (non-hydrogen) atoms. The molecule has 3 aliphatic rings. The van der Waals surface area contributed by atoms with Crippen LogP contribution in [0.3, 0.4) is 0 Å². The predicted molar refractivity (Wildman–Crippen MR) is 147 cm³/mol. The summed E-state index contributed by atoms with van der Waals surface area (Å²) in [5.41, 5.74) is 11.2. The van der Waals surface area contributed by atoms with Crippen LogP contribution in [0.2, 0.25) is 0 Å². The van der Waals surface area contributed by atoms with Crippen molar-refractivity contribution in [2.24, 2.45) is 17.1 Å². The van der Waals surface area contributed by atoms with Gasteiger partial charge in [-0.15, -0.1) is 0 Å². The maximum absolute atomic E-state index is 13.0. The molecular formula is C29H39N7O2. The third-order valence-electron chi connectivity index (χ3n) is 8.17. The molecule has 0 bridgehead atoms. The van der Waals surface area contributed by atoms with E-state index in [4.69, 9.17) is 25.5 Å². The summed E-state index contributed by atoms with van der Waals surface area (Å²) in [6, 6.07) is 6.44. The van der Waals surface area contributed by atoms with Gasteiger partial charge in [0.15, 0.2) is 0 Å². The number of piperazine rings is 1. The number of nitrogens with one attached hydrogen (secondary N) is 1. The van der Waals surface area contributed by atoms with E-state index in [0.717, 1.165) is 66.0 Å². The maximum atomic E-state index is 13.0. The fourth-order valence-electron chi connectivity index (χ4n) is 5.65. The minimum absolute atomic E-state index is 0.263. The minimum Gasteiger partial charge on any atom is -0.441 e. The van der Waals surface area contributed by atoms with Crippen LogP contribution >= 0.6 is 0 Å². The van der Waals surface area contributed by atoms with Gasteiger partial charge in [0.05, 0.1) is 34.7 Å². The van der Waals surface area contributed by atoms with E-state index in [-0.39, 0.29) is 11.5 Å². The van der Waals surface area contributed by atoms with Crippen LogP contribution in [0.1, 0.15) is 75.8 Å². The summed E-state index contributed by atoms with van der Waals surface area (Å²) in [5.74, 6) is 1.11. The van der Waals surface area contributed by atoms with Crippen LogP contribution in [-0.2, 0) is 4.74 Å². The van der Waals surface area contributed by atoms with Crippen molar-refractivity contribution in [2.45, 2.75) is 64.5 Å². The van der Waals surface area contributed by atoms with Crippen LogP contribution in [0.25, 0.3) is 22.3 Å².